The number of nitrogens with one attached hydrogen (secondary N) is 1. The van der Waals surface area contributed by atoms with E-state index in [-0.39, 0.29) is 11.9 Å². The van der Waals surface area contributed by atoms with Crippen molar-refractivity contribution in [3.05, 3.63) is 22.3 Å². The second kappa shape index (κ2) is 5.69. The van der Waals surface area contributed by atoms with E-state index in [0.717, 1.165) is 18.8 Å². The number of anilines is 1. The van der Waals surface area contributed by atoms with Crippen molar-refractivity contribution in [1.29, 1.82) is 0 Å². The fraction of sp³-hybridized carbons (Fsp3) is 0.538. The van der Waals surface area contributed by atoms with Gasteiger partial charge in [0, 0.05) is 16.7 Å². The van der Waals surface area contributed by atoms with E-state index in [4.69, 9.17) is 5.73 Å². The average molecular weight is 312 g/mol. The molecule has 4 nitrogen and oxygen atoms in total. The fourth-order valence-electron chi connectivity index (χ4n) is 2.30. The first kappa shape index (κ1) is 13.3. The summed E-state index contributed by atoms with van der Waals surface area (Å²) in [6, 6.07) is 1.89. The van der Waals surface area contributed by atoms with Gasteiger partial charge < -0.3 is 11.1 Å². The molecule has 18 heavy (non-hydrogen) atoms. The maximum Gasteiger partial charge on any atom is 0.252 e. The molecule has 1 aliphatic rings. The van der Waals surface area contributed by atoms with E-state index < -0.39 is 0 Å². The van der Waals surface area contributed by atoms with Gasteiger partial charge in [0.15, 0.2) is 0 Å². The number of hydrogen-bond acceptors (Lipinski definition) is 3. The van der Waals surface area contributed by atoms with E-state index in [1.807, 2.05) is 0 Å². The lowest BCUT2D eigenvalue weighted by Gasteiger charge is -2.27. The minimum Gasteiger partial charge on any atom is -0.384 e. The van der Waals surface area contributed by atoms with Gasteiger partial charge in [-0.15, -0.1) is 0 Å². The summed E-state index contributed by atoms with van der Waals surface area (Å²) in [5.41, 5.74) is 6.16. The van der Waals surface area contributed by atoms with Crippen LogP contribution in [0.25, 0.3) is 0 Å². The SMILES string of the molecule is CC1CCC(NC(=O)c2cc(N)ncc2Br)CC1. The zero-order valence-corrected chi connectivity index (χ0v) is 12.0. The molecule has 1 saturated carbocycles. The Morgan fingerprint density at radius 1 is 1.44 bits per heavy atom. The Hall–Kier alpha value is -1.10. The average Bonchev–Trinajstić information content (AvgIpc) is 2.35. The smallest absolute Gasteiger partial charge is 0.252 e. The highest BCUT2D eigenvalue weighted by atomic mass is 79.9. The number of amides is 1. The number of nitrogens with two attached hydrogens (primary N) is 1. The predicted octanol–water partition coefficient (Wildman–Crippen LogP) is 2.73. The number of nitrogen functional groups attached to an aromatic ring is 1. The van der Waals surface area contributed by atoms with E-state index in [1.54, 1.807) is 12.3 Å². The molecule has 3 N–H and O–H groups in total. The normalized spacial score (nSPS) is 23.7. The zero-order valence-electron chi connectivity index (χ0n) is 10.4. The van der Waals surface area contributed by atoms with E-state index in [0.29, 0.717) is 15.9 Å². The molecular formula is C13H18BrN3O. The molecule has 0 aliphatic heterocycles. The molecule has 0 aromatic carbocycles. The molecule has 1 aromatic rings. The Balaban J connectivity index is 2.01. The molecule has 1 aliphatic carbocycles. The van der Waals surface area contributed by atoms with Crippen LogP contribution in [0.5, 0.6) is 0 Å². The third kappa shape index (κ3) is 3.22. The lowest BCUT2D eigenvalue weighted by atomic mass is 9.87. The number of halogens is 1. The monoisotopic (exact) mass is 311 g/mol. The number of hydrogen-bond donors (Lipinski definition) is 2. The van der Waals surface area contributed by atoms with Crippen molar-refractivity contribution in [2.45, 2.75) is 38.6 Å². The second-order valence-electron chi connectivity index (χ2n) is 5.02. The maximum absolute atomic E-state index is 12.1. The summed E-state index contributed by atoms with van der Waals surface area (Å²) in [4.78, 5) is 16.1. The molecule has 1 fully saturated rings. The molecule has 0 saturated heterocycles. The maximum atomic E-state index is 12.1. The van der Waals surface area contributed by atoms with Crippen LogP contribution in [-0.2, 0) is 0 Å². The number of pyridine rings is 1. The molecule has 1 heterocycles. The van der Waals surface area contributed by atoms with Crippen LogP contribution in [0, 0.1) is 5.92 Å². The third-order valence-corrected chi connectivity index (χ3v) is 4.10. The van der Waals surface area contributed by atoms with Gasteiger partial charge in [0.25, 0.3) is 5.91 Å². The molecule has 2 rings (SSSR count). The van der Waals surface area contributed by atoms with Crippen LogP contribution in [0.3, 0.4) is 0 Å². The Morgan fingerprint density at radius 2 is 2.11 bits per heavy atom. The predicted molar refractivity (Wildman–Crippen MR) is 75.2 cm³/mol. The van der Waals surface area contributed by atoms with E-state index in [2.05, 4.69) is 33.2 Å². The van der Waals surface area contributed by atoms with Gasteiger partial charge in [0.1, 0.15) is 5.82 Å². The van der Waals surface area contributed by atoms with E-state index >= 15 is 0 Å². The van der Waals surface area contributed by atoms with Gasteiger partial charge in [0.2, 0.25) is 0 Å². The number of nitrogens with zero attached hydrogens (tertiary/aromatic N) is 1. The Kier molecular flexibility index (Phi) is 4.22. The van der Waals surface area contributed by atoms with Gasteiger partial charge >= 0.3 is 0 Å². The summed E-state index contributed by atoms with van der Waals surface area (Å²) in [5, 5.41) is 3.07. The third-order valence-electron chi connectivity index (χ3n) is 3.47. The van der Waals surface area contributed by atoms with E-state index in [1.165, 1.54) is 12.8 Å². The van der Waals surface area contributed by atoms with Crippen LogP contribution in [0.4, 0.5) is 5.82 Å². The van der Waals surface area contributed by atoms with Crippen LogP contribution >= 0.6 is 15.9 Å². The lowest BCUT2D eigenvalue weighted by Crippen LogP contribution is -2.37. The first-order valence-electron chi connectivity index (χ1n) is 6.28. The van der Waals surface area contributed by atoms with Gasteiger partial charge in [-0.05, 0) is 53.6 Å². The first-order chi connectivity index (χ1) is 8.56. The summed E-state index contributed by atoms with van der Waals surface area (Å²) < 4.78 is 0.679. The Bertz CT molecular complexity index is 442. The summed E-state index contributed by atoms with van der Waals surface area (Å²) in [5.74, 6) is 1.07. The summed E-state index contributed by atoms with van der Waals surface area (Å²) in [6.07, 6.45) is 6.05. The standard InChI is InChI=1S/C13H18BrN3O/c1-8-2-4-9(5-3-8)17-13(18)10-6-12(15)16-7-11(10)14/h6-9H,2-5H2,1H3,(H2,15,16)(H,17,18). The number of rotatable bonds is 2. The van der Waals surface area contributed by atoms with Gasteiger partial charge in [-0.3, -0.25) is 4.79 Å². The first-order valence-corrected chi connectivity index (χ1v) is 7.07. The molecule has 98 valence electrons. The largest absolute Gasteiger partial charge is 0.384 e. The summed E-state index contributed by atoms with van der Waals surface area (Å²) >= 11 is 3.33. The fourth-order valence-corrected chi connectivity index (χ4v) is 2.69. The van der Waals surface area contributed by atoms with Gasteiger partial charge in [-0.1, -0.05) is 6.92 Å². The number of carbonyl (C=O) groups is 1. The molecule has 1 amide bonds. The molecule has 0 bridgehead atoms. The van der Waals surface area contributed by atoms with Crippen LogP contribution in [0.1, 0.15) is 43.0 Å². The minimum absolute atomic E-state index is 0.0736. The summed E-state index contributed by atoms with van der Waals surface area (Å²) in [6.45, 7) is 2.26. The van der Waals surface area contributed by atoms with E-state index in [9.17, 15) is 4.79 Å². The quantitative estimate of drug-likeness (QED) is 0.882. The van der Waals surface area contributed by atoms with Crippen molar-refractivity contribution in [3.63, 3.8) is 0 Å². The van der Waals surface area contributed by atoms with Gasteiger partial charge in [0.05, 0.1) is 5.56 Å². The Labute approximate surface area is 115 Å². The highest BCUT2D eigenvalue weighted by molar-refractivity contribution is 9.10. The summed E-state index contributed by atoms with van der Waals surface area (Å²) in [7, 11) is 0. The number of aromatic nitrogens is 1. The van der Waals surface area contributed by atoms with Gasteiger partial charge in [-0.2, -0.15) is 0 Å². The minimum atomic E-state index is -0.0736. The lowest BCUT2D eigenvalue weighted by molar-refractivity contribution is 0.0922. The van der Waals surface area contributed by atoms with Gasteiger partial charge in [-0.25, -0.2) is 4.98 Å². The van der Waals surface area contributed by atoms with Crippen molar-refractivity contribution >= 4 is 27.7 Å². The number of carbonyl (C=O) groups excluding carboxylic acids is 1. The second-order valence-corrected chi connectivity index (χ2v) is 5.87. The topological polar surface area (TPSA) is 68.0 Å². The van der Waals surface area contributed by atoms with Crippen LogP contribution in [0.2, 0.25) is 0 Å². The van der Waals surface area contributed by atoms with Crippen molar-refractivity contribution in [2.24, 2.45) is 5.92 Å². The van der Waals surface area contributed by atoms with Crippen LogP contribution < -0.4 is 11.1 Å². The van der Waals surface area contributed by atoms with Crippen molar-refractivity contribution in [1.82, 2.24) is 10.3 Å². The molecule has 0 spiro atoms. The highest BCUT2D eigenvalue weighted by Crippen LogP contribution is 2.24. The highest BCUT2D eigenvalue weighted by Gasteiger charge is 2.21. The molecule has 5 heteroatoms. The molecule has 0 unspecified atom stereocenters. The zero-order chi connectivity index (χ0) is 13.1. The molecule has 0 atom stereocenters. The van der Waals surface area contributed by atoms with Crippen molar-refractivity contribution < 1.29 is 4.79 Å². The van der Waals surface area contributed by atoms with Crippen molar-refractivity contribution in [2.75, 3.05) is 5.73 Å². The van der Waals surface area contributed by atoms with Crippen LogP contribution in [-0.4, -0.2) is 16.9 Å². The molecular weight excluding hydrogens is 294 g/mol. The molecule has 0 radical (unpaired) electrons. The van der Waals surface area contributed by atoms with Crippen LogP contribution in [0.15, 0.2) is 16.7 Å². The Morgan fingerprint density at radius 3 is 2.78 bits per heavy atom. The molecule has 1 aromatic heterocycles. The van der Waals surface area contributed by atoms with Crippen molar-refractivity contribution in [3.8, 4) is 0 Å².